The lowest BCUT2D eigenvalue weighted by molar-refractivity contribution is -0.136. The summed E-state index contributed by atoms with van der Waals surface area (Å²) in [5.41, 5.74) is 6.34. The maximum Gasteiger partial charge on any atom is 0.227 e. The highest BCUT2D eigenvalue weighted by molar-refractivity contribution is 5.83. The summed E-state index contributed by atoms with van der Waals surface area (Å²) >= 11 is 0. The summed E-state index contributed by atoms with van der Waals surface area (Å²) in [5.74, 6) is 1.46. The number of methoxy groups -OCH3 is 1. The third-order valence-corrected chi connectivity index (χ3v) is 5.63. The summed E-state index contributed by atoms with van der Waals surface area (Å²) in [7, 11) is 1.64. The molecule has 0 bridgehead atoms. The maximum absolute atomic E-state index is 12.8. The Kier molecular flexibility index (Phi) is 6.38. The Hall–Kier alpha value is -1.79. The molecule has 2 fully saturated rings. The molecule has 0 atom stereocenters. The van der Waals surface area contributed by atoms with Crippen LogP contribution in [0, 0.1) is 5.41 Å². The van der Waals surface area contributed by atoms with Crippen molar-refractivity contribution in [2.75, 3.05) is 26.9 Å². The van der Waals surface area contributed by atoms with E-state index in [1.54, 1.807) is 7.11 Å². The lowest BCUT2D eigenvalue weighted by Crippen LogP contribution is -2.49. The van der Waals surface area contributed by atoms with E-state index in [0.717, 1.165) is 24.2 Å². The van der Waals surface area contributed by atoms with E-state index in [1.807, 2.05) is 18.2 Å². The zero-order chi connectivity index (χ0) is 18.4. The Morgan fingerprint density at radius 1 is 1.31 bits per heavy atom. The van der Waals surface area contributed by atoms with Gasteiger partial charge in [0.25, 0.3) is 0 Å². The fourth-order valence-electron chi connectivity index (χ4n) is 3.82. The molecule has 1 saturated carbocycles. The van der Waals surface area contributed by atoms with Crippen LogP contribution in [0.1, 0.15) is 44.1 Å². The molecule has 0 unspecified atom stereocenters. The number of benzene rings is 1. The summed E-state index contributed by atoms with van der Waals surface area (Å²) in [4.78, 5) is 12.8. The monoisotopic (exact) mass is 362 g/mol. The van der Waals surface area contributed by atoms with Crippen molar-refractivity contribution in [2.24, 2.45) is 11.1 Å². The number of hydrogen-bond acceptors (Lipinski definition) is 5. The fourth-order valence-corrected chi connectivity index (χ4v) is 3.82. The van der Waals surface area contributed by atoms with Crippen molar-refractivity contribution < 1.29 is 19.0 Å². The average Bonchev–Trinajstić information content (AvgIpc) is 3.20. The van der Waals surface area contributed by atoms with Gasteiger partial charge in [-0.2, -0.15) is 0 Å². The van der Waals surface area contributed by atoms with Crippen LogP contribution >= 0.6 is 0 Å². The van der Waals surface area contributed by atoms with Gasteiger partial charge in [0.15, 0.2) is 11.5 Å². The molecule has 1 aliphatic carbocycles. The maximum atomic E-state index is 12.8. The van der Waals surface area contributed by atoms with E-state index in [1.165, 1.54) is 12.8 Å². The Morgan fingerprint density at radius 2 is 2.04 bits per heavy atom. The summed E-state index contributed by atoms with van der Waals surface area (Å²) in [6.45, 7) is 1.91. The van der Waals surface area contributed by atoms with Crippen LogP contribution < -0.4 is 20.5 Å². The summed E-state index contributed by atoms with van der Waals surface area (Å²) in [5, 5.41) is 3.07. The Balaban J connectivity index is 1.71. The van der Waals surface area contributed by atoms with Crippen LogP contribution in [0.2, 0.25) is 0 Å². The zero-order valence-electron chi connectivity index (χ0n) is 15.6. The van der Waals surface area contributed by atoms with Crippen LogP contribution in [0.15, 0.2) is 18.2 Å². The highest BCUT2D eigenvalue weighted by atomic mass is 16.5. The number of amides is 1. The van der Waals surface area contributed by atoms with Crippen molar-refractivity contribution in [1.82, 2.24) is 5.32 Å². The van der Waals surface area contributed by atoms with Gasteiger partial charge in [0.1, 0.15) is 0 Å². The topological polar surface area (TPSA) is 82.8 Å². The number of carbonyl (C=O) groups excluding carboxylic acids is 1. The van der Waals surface area contributed by atoms with Crippen LogP contribution in [0.3, 0.4) is 0 Å². The van der Waals surface area contributed by atoms with Gasteiger partial charge in [-0.05, 0) is 44.6 Å². The molecule has 0 aromatic heterocycles. The van der Waals surface area contributed by atoms with E-state index in [2.05, 4.69) is 5.32 Å². The predicted molar refractivity (Wildman–Crippen MR) is 99.3 cm³/mol. The minimum absolute atomic E-state index is 0.00191. The van der Waals surface area contributed by atoms with Crippen LogP contribution in [-0.4, -0.2) is 38.9 Å². The number of para-hydroxylation sites is 1. The normalized spacial score (nSPS) is 19.9. The van der Waals surface area contributed by atoms with E-state index in [-0.39, 0.29) is 12.0 Å². The van der Waals surface area contributed by atoms with Gasteiger partial charge in [0, 0.05) is 31.9 Å². The molecule has 6 nitrogen and oxygen atoms in total. The van der Waals surface area contributed by atoms with Crippen LogP contribution in [0.5, 0.6) is 11.5 Å². The number of nitrogens with two attached hydrogens (primary N) is 1. The second-order valence-corrected chi connectivity index (χ2v) is 7.25. The van der Waals surface area contributed by atoms with Gasteiger partial charge >= 0.3 is 0 Å². The summed E-state index contributed by atoms with van der Waals surface area (Å²) in [6, 6.07) is 5.80. The molecule has 6 heteroatoms. The van der Waals surface area contributed by atoms with Crippen molar-refractivity contribution >= 4 is 5.91 Å². The Labute approximate surface area is 155 Å². The summed E-state index contributed by atoms with van der Waals surface area (Å²) in [6.07, 6.45) is 6.10. The van der Waals surface area contributed by atoms with Gasteiger partial charge < -0.3 is 25.3 Å². The van der Waals surface area contributed by atoms with Gasteiger partial charge in [0.2, 0.25) is 5.91 Å². The number of ether oxygens (including phenoxy) is 3. The molecule has 144 valence electrons. The highest BCUT2D eigenvalue weighted by Gasteiger charge is 2.38. The lowest BCUT2D eigenvalue weighted by Gasteiger charge is -2.34. The van der Waals surface area contributed by atoms with Gasteiger partial charge in [-0.3, -0.25) is 4.79 Å². The van der Waals surface area contributed by atoms with E-state index in [9.17, 15) is 4.79 Å². The molecule has 1 aromatic rings. The lowest BCUT2D eigenvalue weighted by atomic mass is 9.79. The van der Waals surface area contributed by atoms with Crippen molar-refractivity contribution in [3.63, 3.8) is 0 Å². The van der Waals surface area contributed by atoms with E-state index >= 15 is 0 Å². The first-order valence-corrected chi connectivity index (χ1v) is 9.57. The van der Waals surface area contributed by atoms with E-state index in [4.69, 9.17) is 19.9 Å². The smallest absolute Gasteiger partial charge is 0.227 e. The summed E-state index contributed by atoms with van der Waals surface area (Å²) < 4.78 is 17.1. The second kappa shape index (κ2) is 8.73. The van der Waals surface area contributed by atoms with Crippen molar-refractivity contribution in [2.45, 2.75) is 51.2 Å². The first-order valence-electron chi connectivity index (χ1n) is 9.57. The molecule has 0 radical (unpaired) electrons. The van der Waals surface area contributed by atoms with Gasteiger partial charge in [-0.1, -0.05) is 12.1 Å². The molecule has 0 spiro atoms. The molecule has 1 aliphatic heterocycles. The zero-order valence-corrected chi connectivity index (χ0v) is 15.6. The van der Waals surface area contributed by atoms with Gasteiger partial charge in [-0.25, -0.2) is 0 Å². The molecule has 2 aliphatic rings. The van der Waals surface area contributed by atoms with Crippen LogP contribution in [0.4, 0.5) is 0 Å². The molecule has 3 N–H and O–H groups in total. The molecule has 1 heterocycles. The van der Waals surface area contributed by atoms with Crippen LogP contribution in [0.25, 0.3) is 0 Å². The minimum atomic E-state index is -0.524. The number of hydrogen-bond donors (Lipinski definition) is 2. The highest BCUT2D eigenvalue weighted by Crippen LogP contribution is 2.35. The molecular weight excluding hydrogens is 332 g/mol. The molecule has 1 amide bonds. The Bertz CT molecular complexity index is 608. The Morgan fingerprint density at radius 3 is 2.69 bits per heavy atom. The third kappa shape index (κ3) is 4.13. The standard InChI is InChI=1S/C20H30N2O4/c1-24-17-8-4-5-15(18(17)26-16-6-2-3-7-16)13-22-19(23)20(14-21)9-11-25-12-10-20/h4-5,8,16H,2-3,6-7,9-14,21H2,1H3,(H,22,23). The van der Waals surface area contributed by atoms with Crippen molar-refractivity contribution in [1.29, 1.82) is 0 Å². The molecule has 1 aromatic carbocycles. The van der Waals surface area contributed by atoms with Gasteiger partial charge in [0.05, 0.1) is 18.6 Å². The number of rotatable bonds is 7. The van der Waals surface area contributed by atoms with E-state index < -0.39 is 5.41 Å². The number of carbonyl (C=O) groups is 1. The second-order valence-electron chi connectivity index (χ2n) is 7.25. The largest absolute Gasteiger partial charge is 0.493 e. The molecule has 3 rings (SSSR count). The fraction of sp³-hybridized carbons (Fsp3) is 0.650. The predicted octanol–water partition coefficient (Wildman–Crippen LogP) is 2.39. The van der Waals surface area contributed by atoms with Gasteiger partial charge in [-0.15, -0.1) is 0 Å². The SMILES string of the molecule is COc1cccc(CNC(=O)C2(CN)CCOCC2)c1OC1CCCC1. The third-order valence-electron chi connectivity index (χ3n) is 5.63. The van der Waals surface area contributed by atoms with Crippen molar-refractivity contribution in [3.8, 4) is 11.5 Å². The van der Waals surface area contributed by atoms with Crippen molar-refractivity contribution in [3.05, 3.63) is 23.8 Å². The molecular formula is C20H30N2O4. The first-order chi connectivity index (χ1) is 12.7. The average molecular weight is 362 g/mol. The number of nitrogens with one attached hydrogen (secondary N) is 1. The first kappa shape index (κ1) is 19.0. The minimum Gasteiger partial charge on any atom is -0.493 e. The van der Waals surface area contributed by atoms with E-state index in [0.29, 0.717) is 44.9 Å². The molecule has 1 saturated heterocycles. The quantitative estimate of drug-likeness (QED) is 0.778. The van der Waals surface area contributed by atoms with Crippen LogP contribution in [-0.2, 0) is 16.1 Å². The molecule has 26 heavy (non-hydrogen) atoms.